The van der Waals surface area contributed by atoms with Gasteiger partial charge in [-0.15, -0.1) is 0 Å². The summed E-state index contributed by atoms with van der Waals surface area (Å²) in [4.78, 5) is 26.0. The molecule has 1 aromatic rings. The van der Waals surface area contributed by atoms with Crippen molar-refractivity contribution in [2.45, 2.75) is 46.5 Å². The molecule has 1 aliphatic heterocycles. The molecule has 0 bridgehead atoms. The highest BCUT2D eigenvalue weighted by molar-refractivity contribution is 5.77. The SMILES string of the molecule is CCOC(=O)C1CCN(C(=O)CCc2c(C)nn(C)c2C)CC1. The van der Waals surface area contributed by atoms with Gasteiger partial charge < -0.3 is 9.64 Å². The standard InChI is InChI=1S/C17H27N3O3/c1-5-23-17(22)14-8-10-20(11-9-14)16(21)7-6-15-12(2)18-19(4)13(15)3/h14H,5-11H2,1-4H3. The lowest BCUT2D eigenvalue weighted by molar-refractivity contribution is -0.151. The summed E-state index contributed by atoms with van der Waals surface area (Å²) < 4.78 is 6.92. The average molecular weight is 321 g/mol. The fourth-order valence-electron chi connectivity index (χ4n) is 3.19. The van der Waals surface area contributed by atoms with Gasteiger partial charge in [-0.2, -0.15) is 5.10 Å². The van der Waals surface area contributed by atoms with Gasteiger partial charge in [0.1, 0.15) is 0 Å². The number of aromatic nitrogens is 2. The van der Waals surface area contributed by atoms with E-state index in [9.17, 15) is 9.59 Å². The average Bonchev–Trinajstić information content (AvgIpc) is 2.78. The summed E-state index contributed by atoms with van der Waals surface area (Å²) in [7, 11) is 1.92. The zero-order chi connectivity index (χ0) is 17.0. The van der Waals surface area contributed by atoms with Gasteiger partial charge in [0.2, 0.25) is 5.91 Å². The maximum atomic E-state index is 12.4. The van der Waals surface area contributed by atoms with Crippen molar-refractivity contribution >= 4 is 11.9 Å². The van der Waals surface area contributed by atoms with Gasteiger partial charge in [-0.05, 0) is 45.6 Å². The van der Waals surface area contributed by atoms with Crippen LogP contribution in [0.2, 0.25) is 0 Å². The summed E-state index contributed by atoms with van der Waals surface area (Å²) in [6.45, 7) is 7.55. The summed E-state index contributed by atoms with van der Waals surface area (Å²) >= 11 is 0. The maximum absolute atomic E-state index is 12.4. The molecule has 0 N–H and O–H groups in total. The van der Waals surface area contributed by atoms with E-state index in [4.69, 9.17) is 4.74 Å². The molecular weight excluding hydrogens is 294 g/mol. The van der Waals surface area contributed by atoms with E-state index in [1.54, 1.807) is 0 Å². The van der Waals surface area contributed by atoms with Gasteiger partial charge in [0.15, 0.2) is 0 Å². The number of aryl methyl sites for hydroxylation is 2. The molecule has 6 nitrogen and oxygen atoms in total. The zero-order valence-corrected chi connectivity index (χ0v) is 14.6. The molecule has 1 aliphatic rings. The fourth-order valence-corrected chi connectivity index (χ4v) is 3.19. The van der Waals surface area contributed by atoms with E-state index in [0.717, 1.165) is 17.8 Å². The van der Waals surface area contributed by atoms with E-state index in [2.05, 4.69) is 5.10 Å². The second-order valence-electron chi connectivity index (χ2n) is 6.18. The smallest absolute Gasteiger partial charge is 0.309 e. The molecule has 0 atom stereocenters. The summed E-state index contributed by atoms with van der Waals surface area (Å²) in [5.74, 6) is -0.0158. The Kier molecular flexibility index (Phi) is 5.80. The quantitative estimate of drug-likeness (QED) is 0.775. The molecule has 1 amide bonds. The number of hydrogen-bond donors (Lipinski definition) is 0. The Morgan fingerprint density at radius 2 is 1.91 bits per heavy atom. The van der Waals surface area contributed by atoms with Crippen LogP contribution in [0.5, 0.6) is 0 Å². The summed E-state index contributed by atoms with van der Waals surface area (Å²) in [5.41, 5.74) is 3.29. The van der Waals surface area contributed by atoms with Gasteiger partial charge in [0.25, 0.3) is 0 Å². The van der Waals surface area contributed by atoms with E-state index in [-0.39, 0.29) is 17.8 Å². The Morgan fingerprint density at radius 1 is 1.26 bits per heavy atom. The van der Waals surface area contributed by atoms with Crippen LogP contribution in [0.15, 0.2) is 0 Å². The summed E-state index contributed by atoms with van der Waals surface area (Å²) in [6, 6.07) is 0. The first-order valence-electron chi connectivity index (χ1n) is 8.37. The van der Waals surface area contributed by atoms with Gasteiger partial charge in [-0.1, -0.05) is 0 Å². The largest absolute Gasteiger partial charge is 0.466 e. The molecule has 0 radical (unpaired) electrons. The molecule has 2 rings (SSSR count). The normalized spacial score (nSPS) is 15.7. The van der Waals surface area contributed by atoms with E-state index in [0.29, 0.717) is 39.0 Å². The van der Waals surface area contributed by atoms with Crippen LogP contribution < -0.4 is 0 Å². The number of carbonyl (C=O) groups excluding carboxylic acids is 2. The lowest BCUT2D eigenvalue weighted by Crippen LogP contribution is -2.40. The number of carbonyl (C=O) groups is 2. The minimum atomic E-state index is -0.124. The van der Waals surface area contributed by atoms with Gasteiger partial charge >= 0.3 is 5.97 Å². The van der Waals surface area contributed by atoms with Crippen LogP contribution in [-0.2, 0) is 27.8 Å². The lowest BCUT2D eigenvalue weighted by Gasteiger charge is -2.31. The molecule has 0 aliphatic carbocycles. The Hall–Kier alpha value is -1.85. The maximum Gasteiger partial charge on any atom is 0.309 e. The lowest BCUT2D eigenvalue weighted by atomic mass is 9.96. The first kappa shape index (κ1) is 17.5. The third-order valence-electron chi connectivity index (χ3n) is 4.72. The van der Waals surface area contributed by atoms with Crippen molar-refractivity contribution in [3.63, 3.8) is 0 Å². The Labute approximate surface area is 137 Å². The summed E-state index contributed by atoms with van der Waals surface area (Å²) in [5, 5.41) is 4.39. The second kappa shape index (κ2) is 7.62. The Balaban J connectivity index is 1.82. The van der Waals surface area contributed by atoms with Crippen molar-refractivity contribution in [3.8, 4) is 0 Å². The van der Waals surface area contributed by atoms with E-state index in [1.807, 2.05) is 37.4 Å². The number of piperidine rings is 1. The van der Waals surface area contributed by atoms with Crippen LogP contribution >= 0.6 is 0 Å². The summed E-state index contributed by atoms with van der Waals surface area (Å²) in [6.07, 6.45) is 2.63. The number of nitrogens with zero attached hydrogens (tertiary/aromatic N) is 3. The number of amides is 1. The minimum Gasteiger partial charge on any atom is -0.466 e. The molecule has 1 aromatic heterocycles. The van der Waals surface area contributed by atoms with Crippen molar-refractivity contribution in [1.82, 2.24) is 14.7 Å². The second-order valence-corrected chi connectivity index (χ2v) is 6.18. The Morgan fingerprint density at radius 3 is 2.43 bits per heavy atom. The molecule has 6 heteroatoms. The monoisotopic (exact) mass is 321 g/mol. The number of ether oxygens (including phenoxy) is 1. The molecule has 1 saturated heterocycles. The molecule has 23 heavy (non-hydrogen) atoms. The highest BCUT2D eigenvalue weighted by Crippen LogP contribution is 2.20. The van der Waals surface area contributed by atoms with Crippen LogP contribution in [0, 0.1) is 19.8 Å². The molecule has 128 valence electrons. The van der Waals surface area contributed by atoms with E-state index in [1.165, 1.54) is 5.56 Å². The topological polar surface area (TPSA) is 64.4 Å². The predicted molar refractivity (Wildman–Crippen MR) is 86.9 cm³/mol. The van der Waals surface area contributed by atoms with Gasteiger partial charge in [-0.25, -0.2) is 0 Å². The number of likely N-dealkylation sites (tertiary alicyclic amines) is 1. The van der Waals surface area contributed by atoms with Crippen LogP contribution in [0.4, 0.5) is 0 Å². The molecule has 1 fully saturated rings. The third kappa shape index (κ3) is 4.12. The van der Waals surface area contributed by atoms with E-state index >= 15 is 0 Å². The third-order valence-corrected chi connectivity index (χ3v) is 4.72. The van der Waals surface area contributed by atoms with Gasteiger partial charge in [-0.3, -0.25) is 14.3 Å². The van der Waals surface area contributed by atoms with Crippen LogP contribution in [0.1, 0.15) is 43.1 Å². The molecule has 0 aromatic carbocycles. The first-order chi connectivity index (χ1) is 10.9. The Bertz CT molecular complexity index is 572. The predicted octanol–water partition coefficient (Wildman–Crippen LogP) is 1.77. The first-order valence-corrected chi connectivity index (χ1v) is 8.37. The number of hydrogen-bond acceptors (Lipinski definition) is 4. The van der Waals surface area contributed by atoms with Crippen molar-refractivity contribution in [3.05, 3.63) is 17.0 Å². The van der Waals surface area contributed by atoms with Gasteiger partial charge in [0, 0.05) is 32.3 Å². The van der Waals surface area contributed by atoms with E-state index < -0.39 is 0 Å². The van der Waals surface area contributed by atoms with Crippen molar-refractivity contribution in [2.24, 2.45) is 13.0 Å². The van der Waals surface area contributed by atoms with Crippen molar-refractivity contribution in [2.75, 3.05) is 19.7 Å². The molecule has 2 heterocycles. The number of rotatable bonds is 5. The fraction of sp³-hybridized carbons (Fsp3) is 0.706. The van der Waals surface area contributed by atoms with Crippen molar-refractivity contribution < 1.29 is 14.3 Å². The van der Waals surface area contributed by atoms with Gasteiger partial charge in [0.05, 0.1) is 18.2 Å². The molecular formula is C17H27N3O3. The molecule has 0 saturated carbocycles. The highest BCUT2D eigenvalue weighted by Gasteiger charge is 2.28. The zero-order valence-electron chi connectivity index (χ0n) is 14.6. The minimum absolute atomic E-state index is 0.0539. The van der Waals surface area contributed by atoms with Crippen LogP contribution in [0.25, 0.3) is 0 Å². The van der Waals surface area contributed by atoms with Crippen LogP contribution in [0.3, 0.4) is 0 Å². The molecule has 0 unspecified atom stereocenters. The number of esters is 1. The highest BCUT2D eigenvalue weighted by atomic mass is 16.5. The van der Waals surface area contributed by atoms with Crippen LogP contribution in [-0.4, -0.2) is 46.3 Å². The van der Waals surface area contributed by atoms with Crippen molar-refractivity contribution in [1.29, 1.82) is 0 Å². The molecule has 0 spiro atoms.